The van der Waals surface area contributed by atoms with Gasteiger partial charge in [-0.25, -0.2) is 8.78 Å². The Kier molecular flexibility index (Phi) is 29.5. The molecule has 12 amide bonds. The highest BCUT2D eigenvalue weighted by Gasteiger charge is 2.57. The van der Waals surface area contributed by atoms with Crippen LogP contribution in [-0.4, -0.2) is 300 Å². The molecule has 0 aromatic rings. The zero-order valence-corrected chi connectivity index (χ0v) is 65.8. The first kappa shape index (κ1) is 87.7. The van der Waals surface area contributed by atoms with Crippen LogP contribution in [0.25, 0.3) is 0 Å². The van der Waals surface area contributed by atoms with Crippen LogP contribution in [0.15, 0.2) is 12.2 Å². The van der Waals surface area contributed by atoms with E-state index >= 15 is 47.1 Å². The number of fused-ring (bicyclic) bond motifs is 5. The summed E-state index contributed by atoms with van der Waals surface area (Å²) >= 11 is 0. The van der Waals surface area contributed by atoms with Crippen molar-refractivity contribution in [1.82, 2.24) is 60.0 Å². The third-order valence-corrected chi connectivity index (χ3v) is 25.7. The van der Waals surface area contributed by atoms with Crippen molar-refractivity contribution in [1.29, 1.82) is 0 Å². The summed E-state index contributed by atoms with van der Waals surface area (Å²) in [5.41, 5.74) is -1.70. The van der Waals surface area contributed by atoms with E-state index in [1.165, 1.54) is 57.0 Å². The Hall–Kier alpha value is -7.26. The van der Waals surface area contributed by atoms with Crippen molar-refractivity contribution in [3.05, 3.63) is 12.2 Å². The Morgan fingerprint density at radius 3 is 1.84 bits per heavy atom. The van der Waals surface area contributed by atoms with Gasteiger partial charge in [0.15, 0.2) is 0 Å². The van der Waals surface area contributed by atoms with E-state index in [-0.39, 0.29) is 110 Å². The Labute approximate surface area is 645 Å². The summed E-state index contributed by atoms with van der Waals surface area (Å²) in [5.74, 6) is -16.7. The van der Waals surface area contributed by atoms with Crippen LogP contribution < -0.4 is 16.0 Å². The largest absolute Gasteiger partial charge is 0.397 e. The van der Waals surface area contributed by atoms with Crippen LogP contribution in [0.3, 0.4) is 0 Å². The summed E-state index contributed by atoms with van der Waals surface area (Å²) in [6, 6.07) is -12.2. The normalized spacial score (nSPS) is 34.0. The molecule has 9 rings (SSSR count). The molecule has 4 saturated heterocycles. The van der Waals surface area contributed by atoms with Gasteiger partial charge in [-0.15, -0.1) is 0 Å². The number of nitrogens with zero attached hydrogens (tertiary/aromatic N) is 9. The minimum Gasteiger partial charge on any atom is -0.377 e. The Morgan fingerprint density at radius 1 is 0.631 bits per heavy atom. The number of halogens is 8. The second kappa shape index (κ2) is 37.3. The van der Waals surface area contributed by atoms with Crippen molar-refractivity contribution in [2.75, 3.05) is 88.3 Å². The molecule has 4 bridgehead atoms. The van der Waals surface area contributed by atoms with Gasteiger partial charge in [-0.3, -0.25) is 57.5 Å². The molecule has 9 aliphatic rings. The number of ether oxygens (including phenoxy) is 2. The predicted molar refractivity (Wildman–Crippen MR) is 388 cm³/mol. The molecule has 0 radical (unpaired) electrons. The summed E-state index contributed by atoms with van der Waals surface area (Å²) in [7, 11) is 8.06. The maximum absolute atomic E-state index is 15.8. The van der Waals surface area contributed by atoms with E-state index in [1.807, 2.05) is 0 Å². The fourth-order valence-corrected chi connectivity index (χ4v) is 18.6. The minimum atomic E-state index is -5.22. The lowest BCUT2D eigenvalue weighted by atomic mass is 9.74. The SMILES string of the molecule is CCO[C@@H]1C[C@H]2C(=O)NC3(CCC3)C(=O)N(C)[C@@H](C3CCCC3)C(=O)N(C)[C@H](C(=O)N3C4CCC3COC4)CC(=O)N(C)[C@@H](CC)C(=O)N[C@@H]([C@@H](C)CC)C(=O)N(C)CC(=O)N(C)[C@H]3C/C=C\CCN(C3=O)[C@@H](CC3CCC(C(F)(F)F)CC3)C(=O)N(C)CC(=O)N[C@@H](CCC3CC(F)C(C(F)(F)F)C(F)C3)C(=O)N2C1. The average Bonchev–Trinajstić information content (AvgIpc) is 1.70. The predicted octanol–water partition coefficient (Wildman–Crippen LogP) is 6.02. The zero-order chi connectivity index (χ0) is 81.5. The smallest absolute Gasteiger partial charge is 0.377 e. The van der Waals surface area contributed by atoms with E-state index in [4.69, 9.17) is 9.47 Å². The third-order valence-electron chi connectivity index (χ3n) is 25.7. The molecule has 4 aliphatic carbocycles. The van der Waals surface area contributed by atoms with Crippen molar-refractivity contribution in [3.63, 3.8) is 0 Å². The van der Waals surface area contributed by atoms with Crippen LogP contribution in [-0.2, 0) is 67.0 Å². The van der Waals surface area contributed by atoms with Crippen molar-refractivity contribution < 1.29 is 102 Å². The van der Waals surface area contributed by atoms with Crippen LogP contribution >= 0.6 is 0 Å². The number of carbonyl (C=O) groups excluding carboxylic acids is 12. The number of nitrogens with one attached hydrogen (secondary N) is 3. The van der Waals surface area contributed by atoms with Gasteiger partial charge in [0.2, 0.25) is 70.9 Å². The van der Waals surface area contributed by atoms with Gasteiger partial charge in [-0.05, 0) is 153 Å². The van der Waals surface area contributed by atoms with Gasteiger partial charge in [-0.1, -0.05) is 52.2 Å². The van der Waals surface area contributed by atoms with Crippen LogP contribution in [0.4, 0.5) is 35.1 Å². The van der Waals surface area contributed by atoms with E-state index in [2.05, 4.69) is 16.0 Å². The highest BCUT2D eigenvalue weighted by atomic mass is 19.4. The minimum absolute atomic E-state index is 0.00270. The van der Waals surface area contributed by atoms with Gasteiger partial charge in [0, 0.05) is 68.4 Å². The number of hydrogen-bond acceptors (Lipinski definition) is 14. The lowest BCUT2D eigenvalue weighted by Crippen LogP contribution is -2.68. The van der Waals surface area contributed by atoms with Gasteiger partial charge in [0.1, 0.15) is 72.1 Å². The molecule has 5 heterocycles. The maximum Gasteiger partial charge on any atom is 0.397 e. The van der Waals surface area contributed by atoms with Crippen LogP contribution in [0.1, 0.15) is 182 Å². The molecule has 14 atom stereocenters. The quantitative estimate of drug-likeness (QED) is 0.149. The first-order chi connectivity index (χ1) is 52.4. The van der Waals surface area contributed by atoms with E-state index in [0.29, 0.717) is 51.4 Å². The topological polar surface area (TPSA) is 289 Å². The van der Waals surface area contributed by atoms with Crippen LogP contribution in [0.5, 0.6) is 0 Å². The number of carbonyl (C=O) groups is 12. The maximum atomic E-state index is 15.8. The van der Waals surface area contributed by atoms with Crippen molar-refractivity contribution >= 4 is 70.9 Å². The summed E-state index contributed by atoms with van der Waals surface area (Å²) in [6.07, 6.45) is -12.1. The molecular weight excluding hydrogens is 1470 g/mol. The molecule has 5 aliphatic heterocycles. The molecule has 8 fully saturated rings. The zero-order valence-electron chi connectivity index (χ0n) is 65.8. The molecule has 3 N–H and O–H groups in total. The first-order valence-corrected chi connectivity index (χ1v) is 40.0. The fraction of sp³-hybridized carbons (Fsp3) is 0.818. The number of likely N-dealkylation sites (N-methyl/N-ethyl adjacent to an activating group) is 6. The third kappa shape index (κ3) is 20.1. The molecule has 0 aromatic heterocycles. The second-order valence-electron chi connectivity index (χ2n) is 32.9. The molecular formula is C77H116F8N12O14. The van der Waals surface area contributed by atoms with Gasteiger partial charge >= 0.3 is 12.4 Å². The fourth-order valence-electron chi connectivity index (χ4n) is 18.6. The van der Waals surface area contributed by atoms with E-state index in [1.54, 1.807) is 44.7 Å². The van der Waals surface area contributed by atoms with Gasteiger partial charge in [-0.2, -0.15) is 26.3 Å². The summed E-state index contributed by atoms with van der Waals surface area (Å²) in [5, 5.41) is 8.42. The molecule has 1 spiro atoms. The Bertz CT molecular complexity index is 3360. The molecule has 4 saturated carbocycles. The Morgan fingerprint density at radius 2 is 1.26 bits per heavy atom. The molecule has 34 heteroatoms. The van der Waals surface area contributed by atoms with Crippen molar-refractivity contribution in [2.24, 2.45) is 35.5 Å². The summed E-state index contributed by atoms with van der Waals surface area (Å²) in [4.78, 5) is 194. The van der Waals surface area contributed by atoms with Gasteiger partial charge in [0.05, 0.1) is 56.8 Å². The second-order valence-corrected chi connectivity index (χ2v) is 32.9. The number of morpholine rings is 1. The lowest BCUT2D eigenvalue weighted by molar-refractivity contribution is -0.219. The van der Waals surface area contributed by atoms with Gasteiger partial charge in [0.25, 0.3) is 0 Å². The Balaban J connectivity index is 1.10. The van der Waals surface area contributed by atoms with Crippen LogP contribution in [0.2, 0.25) is 0 Å². The molecule has 624 valence electrons. The number of amides is 12. The summed E-state index contributed by atoms with van der Waals surface area (Å²) in [6.45, 7) is 5.29. The van der Waals surface area contributed by atoms with Gasteiger partial charge < -0.3 is 69.5 Å². The number of alkyl halides is 8. The molecule has 0 aromatic carbocycles. The standard InChI is InChI=1S/C77H116F8N12O14/c1-11-44(4)64-72(107)90(6)41-62(100)92(8)56-22-15-14-18-33-95(70(56)105)59(36-45-23-26-48(27-24-45)76(80,81)82)69(104)89(5)40-60(98)86-54(30-25-46-34-52(78)63(53(79)35-46)77(83,84)85)68(103)96-39-51(111-13-3)37-57(96)67(102)88-75(31-19-32-75)74(109)94(10)65(47-20-16-17-21-47)73(108)93(9)58(38-61(99)91(7)55(12-2)66(101)87-64)71(106)97-49-28-29-50(97)43-110-42-49/h14-15,44-59,63-65H,11-13,16-43H2,1-10H3,(H,86,98)(H,87,101)(H,88,102)/b15-14-/t44-,45?,46?,48?,49?,50?,51+,52?,53?,54-,55-,56-,57-,58-,59-,63?,64-,65-/m0/s1. The molecule has 111 heavy (non-hydrogen) atoms. The molecule has 4 unspecified atom stereocenters. The van der Waals surface area contributed by atoms with Crippen molar-refractivity contribution in [3.8, 4) is 0 Å². The van der Waals surface area contributed by atoms with E-state index in [0.717, 1.165) is 24.5 Å². The number of rotatable bonds is 12. The highest BCUT2D eigenvalue weighted by molar-refractivity contribution is 6.01. The first-order valence-electron chi connectivity index (χ1n) is 40.0. The van der Waals surface area contributed by atoms with Crippen LogP contribution in [0, 0.1) is 35.5 Å². The van der Waals surface area contributed by atoms with Crippen molar-refractivity contribution in [2.45, 2.75) is 279 Å². The average molecular weight is 1590 g/mol. The lowest BCUT2D eigenvalue weighted by Gasteiger charge is -2.47. The highest BCUT2D eigenvalue weighted by Crippen LogP contribution is 2.46. The van der Waals surface area contributed by atoms with E-state index in [9.17, 15) is 45.5 Å². The summed E-state index contributed by atoms with van der Waals surface area (Å²) < 4.78 is 127. The molecule has 26 nitrogen and oxygen atoms in total. The number of hydrogen-bond donors (Lipinski definition) is 3. The van der Waals surface area contributed by atoms with E-state index < -0.39 is 242 Å². The monoisotopic (exact) mass is 1580 g/mol.